The molecule has 0 saturated carbocycles. The number of nitrogens with zero attached hydrogens (tertiary/aromatic N) is 2. The smallest absolute Gasteiger partial charge is 0.233 e. The minimum atomic E-state index is -0.294. The van der Waals surface area contributed by atoms with E-state index in [1.165, 1.54) is 22.7 Å². The Bertz CT molecular complexity index is 800. The molecule has 0 bridgehead atoms. The first-order valence-electron chi connectivity index (χ1n) is 7.18. The van der Waals surface area contributed by atoms with Crippen molar-refractivity contribution in [3.63, 3.8) is 0 Å². The normalized spacial score (nSPS) is 10.9. The van der Waals surface area contributed by atoms with E-state index in [9.17, 15) is 9.18 Å². The molecule has 1 N–H and O–H groups in total. The van der Waals surface area contributed by atoms with E-state index < -0.39 is 0 Å². The van der Waals surface area contributed by atoms with Gasteiger partial charge in [-0.2, -0.15) is 0 Å². The number of halogens is 1. The number of imidazole rings is 1. The SMILES string of the molecule is CN(Cc1ccccc1F)C(=O)CSc1nc2ccccc2[nH]1. The van der Waals surface area contributed by atoms with E-state index in [0.29, 0.717) is 10.7 Å². The quantitative estimate of drug-likeness (QED) is 0.729. The van der Waals surface area contributed by atoms with Gasteiger partial charge >= 0.3 is 0 Å². The van der Waals surface area contributed by atoms with E-state index in [0.717, 1.165) is 11.0 Å². The maximum atomic E-state index is 13.6. The van der Waals surface area contributed by atoms with Gasteiger partial charge in [0.05, 0.1) is 16.8 Å². The van der Waals surface area contributed by atoms with Crippen LogP contribution in [-0.4, -0.2) is 33.6 Å². The maximum Gasteiger partial charge on any atom is 0.233 e. The Morgan fingerprint density at radius 3 is 2.74 bits per heavy atom. The lowest BCUT2D eigenvalue weighted by Crippen LogP contribution is -2.28. The molecular formula is C17H16FN3OS. The summed E-state index contributed by atoms with van der Waals surface area (Å²) in [6.45, 7) is 0.256. The predicted molar refractivity (Wildman–Crippen MR) is 89.7 cm³/mol. The molecule has 3 rings (SSSR count). The largest absolute Gasteiger partial charge is 0.341 e. The fourth-order valence-electron chi connectivity index (χ4n) is 2.21. The van der Waals surface area contributed by atoms with E-state index in [4.69, 9.17) is 0 Å². The Hall–Kier alpha value is -2.34. The fourth-order valence-corrected chi connectivity index (χ4v) is 3.03. The van der Waals surface area contributed by atoms with E-state index in [1.54, 1.807) is 25.2 Å². The van der Waals surface area contributed by atoms with Crippen molar-refractivity contribution in [3.05, 3.63) is 59.9 Å². The lowest BCUT2D eigenvalue weighted by molar-refractivity contribution is -0.127. The van der Waals surface area contributed by atoms with Crippen LogP contribution in [0.5, 0.6) is 0 Å². The summed E-state index contributed by atoms with van der Waals surface area (Å²) in [4.78, 5) is 21.3. The number of nitrogens with one attached hydrogen (secondary N) is 1. The second-order valence-electron chi connectivity index (χ2n) is 5.19. The van der Waals surface area contributed by atoms with E-state index >= 15 is 0 Å². The summed E-state index contributed by atoms with van der Waals surface area (Å²) in [6, 6.07) is 14.2. The Kier molecular flexibility index (Phi) is 4.62. The number of H-pyrrole nitrogens is 1. The molecule has 0 fully saturated rings. The Balaban J connectivity index is 1.59. The maximum absolute atomic E-state index is 13.6. The number of fused-ring (bicyclic) bond motifs is 1. The molecule has 0 radical (unpaired) electrons. The van der Waals surface area contributed by atoms with Gasteiger partial charge in [0.15, 0.2) is 5.16 Å². The standard InChI is InChI=1S/C17H16FN3OS/c1-21(10-12-6-2-3-7-13(12)18)16(22)11-23-17-19-14-8-4-5-9-15(14)20-17/h2-9H,10-11H2,1H3,(H,19,20). The van der Waals surface area contributed by atoms with Crippen LogP contribution in [0.15, 0.2) is 53.7 Å². The number of aromatic amines is 1. The summed E-state index contributed by atoms with van der Waals surface area (Å²) in [6.07, 6.45) is 0. The topological polar surface area (TPSA) is 49.0 Å². The number of thioether (sulfide) groups is 1. The van der Waals surface area contributed by atoms with Gasteiger partial charge in [-0.25, -0.2) is 9.37 Å². The molecular weight excluding hydrogens is 313 g/mol. The highest BCUT2D eigenvalue weighted by Crippen LogP contribution is 2.19. The van der Waals surface area contributed by atoms with Crippen molar-refractivity contribution in [1.29, 1.82) is 0 Å². The Morgan fingerprint density at radius 1 is 1.22 bits per heavy atom. The van der Waals surface area contributed by atoms with E-state index in [1.807, 2.05) is 24.3 Å². The number of amides is 1. The predicted octanol–water partition coefficient (Wildman–Crippen LogP) is 3.45. The van der Waals surface area contributed by atoms with Crippen LogP contribution in [0.1, 0.15) is 5.56 Å². The molecule has 4 nitrogen and oxygen atoms in total. The number of carbonyl (C=O) groups excluding carboxylic acids is 1. The van der Waals surface area contributed by atoms with E-state index in [-0.39, 0.29) is 24.0 Å². The average Bonchev–Trinajstić information content (AvgIpc) is 2.97. The third-order valence-electron chi connectivity index (χ3n) is 3.49. The summed E-state index contributed by atoms with van der Waals surface area (Å²) in [5.41, 5.74) is 2.33. The molecule has 23 heavy (non-hydrogen) atoms. The zero-order valence-corrected chi connectivity index (χ0v) is 13.4. The van der Waals surface area contributed by atoms with Crippen molar-refractivity contribution in [3.8, 4) is 0 Å². The number of benzene rings is 2. The van der Waals surface area contributed by atoms with Crippen molar-refractivity contribution in [1.82, 2.24) is 14.9 Å². The van der Waals surface area contributed by atoms with E-state index in [2.05, 4.69) is 9.97 Å². The fraction of sp³-hybridized carbons (Fsp3) is 0.176. The highest BCUT2D eigenvalue weighted by atomic mass is 32.2. The van der Waals surface area contributed by atoms with Crippen molar-refractivity contribution in [2.75, 3.05) is 12.8 Å². The number of hydrogen-bond acceptors (Lipinski definition) is 3. The minimum Gasteiger partial charge on any atom is -0.341 e. The first kappa shape index (κ1) is 15.6. The van der Waals surface area contributed by atoms with Gasteiger partial charge in [0.25, 0.3) is 0 Å². The summed E-state index contributed by atoms with van der Waals surface area (Å²) >= 11 is 1.35. The molecule has 0 saturated heterocycles. The van der Waals surface area contributed by atoms with Gasteiger partial charge in [-0.05, 0) is 18.2 Å². The number of para-hydroxylation sites is 2. The van der Waals surface area contributed by atoms with Crippen LogP contribution < -0.4 is 0 Å². The van der Waals surface area contributed by atoms with Gasteiger partial charge < -0.3 is 9.88 Å². The zero-order chi connectivity index (χ0) is 16.2. The number of aromatic nitrogens is 2. The molecule has 0 spiro atoms. The molecule has 0 atom stereocenters. The van der Waals surface area contributed by atoms with Crippen molar-refractivity contribution < 1.29 is 9.18 Å². The molecule has 1 aromatic heterocycles. The Labute approximate surface area is 137 Å². The van der Waals surface area contributed by atoms with Crippen LogP contribution in [0.4, 0.5) is 4.39 Å². The van der Waals surface area contributed by atoms with Crippen molar-refractivity contribution in [2.24, 2.45) is 0 Å². The number of rotatable bonds is 5. The number of hydrogen-bond donors (Lipinski definition) is 1. The van der Waals surface area contributed by atoms with Crippen LogP contribution in [-0.2, 0) is 11.3 Å². The summed E-state index contributed by atoms with van der Waals surface area (Å²) in [7, 11) is 1.67. The monoisotopic (exact) mass is 329 g/mol. The lowest BCUT2D eigenvalue weighted by atomic mass is 10.2. The van der Waals surface area contributed by atoms with Gasteiger partial charge in [-0.15, -0.1) is 0 Å². The van der Waals surface area contributed by atoms with Crippen LogP contribution >= 0.6 is 11.8 Å². The van der Waals surface area contributed by atoms with Gasteiger partial charge in [0.2, 0.25) is 5.91 Å². The molecule has 6 heteroatoms. The molecule has 0 unspecified atom stereocenters. The zero-order valence-electron chi connectivity index (χ0n) is 12.6. The molecule has 0 aliphatic carbocycles. The summed E-state index contributed by atoms with van der Waals surface area (Å²) < 4.78 is 13.6. The van der Waals surface area contributed by atoms with Crippen LogP contribution in [0.2, 0.25) is 0 Å². The molecule has 118 valence electrons. The van der Waals surface area contributed by atoms with Gasteiger partial charge in [-0.1, -0.05) is 42.1 Å². The second kappa shape index (κ2) is 6.83. The molecule has 1 heterocycles. The summed E-state index contributed by atoms with van der Waals surface area (Å²) in [5.74, 6) is -0.110. The third kappa shape index (κ3) is 3.71. The molecule has 2 aromatic carbocycles. The van der Waals surface area contributed by atoms with Gasteiger partial charge in [0.1, 0.15) is 5.82 Å². The second-order valence-corrected chi connectivity index (χ2v) is 6.15. The van der Waals surface area contributed by atoms with Crippen molar-refractivity contribution >= 4 is 28.7 Å². The van der Waals surface area contributed by atoms with Crippen LogP contribution in [0.25, 0.3) is 11.0 Å². The van der Waals surface area contributed by atoms with Gasteiger partial charge in [-0.3, -0.25) is 4.79 Å². The van der Waals surface area contributed by atoms with Crippen molar-refractivity contribution in [2.45, 2.75) is 11.7 Å². The lowest BCUT2D eigenvalue weighted by Gasteiger charge is -2.17. The molecule has 0 aliphatic heterocycles. The first-order chi connectivity index (χ1) is 11.1. The molecule has 0 aliphatic rings. The Morgan fingerprint density at radius 2 is 1.96 bits per heavy atom. The highest BCUT2D eigenvalue weighted by Gasteiger charge is 2.13. The number of carbonyl (C=O) groups is 1. The minimum absolute atomic E-state index is 0.0706. The van der Waals surface area contributed by atoms with Gasteiger partial charge in [0, 0.05) is 19.2 Å². The molecule has 1 amide bonds. The highest BCUT2D eigenvalue weighted by molar-refractivity contribution is 7.99. The third-order valence-corrected chi connectivity index (χ3v) is 4.35. The first-order valence-corrected chi connectivity index (χ1v) is 8.17. The average molecular weight is 329 g/mol. The summed E-state index contributed by atoms with van der Waals surface area (Å²) in [5, 5.41) is 0.707. The van der Waals surface area contributed by atoms with Crippen LogP contribution in [0, 0.1) is 5.82 Å². The molecule has 3 aromatic rings. The van der Waals surface area contributed by atoms with Crippen LogP contribution in [0.3, 0.4) is 0 Å².